The Hall–Kier alpha value is -1.10. The maximum atomic E-state index is 11.7. The quantitative estimate of drug-likeness (QED) is 0.806. The summed E-state index contributed by atoms with van der Waals surface area (Å²) in [5, 5.41) is 0. The Kier molecular flexibility index (Phi) is 8.03. The monoisotopic (exact) mass is 340 g/mol. The van der Waals surface area contributed by atoms with E-state index in [9.17, 15) is 4.79 Å². The van der Waals surface area contributed by atoms with Crippen molar-refractivity contribution < 1.29 is 9.53 Å². The van der Waals surface area contributed by atoms with E-state index in [2.05, 4.69) is 11.8 Å². The molecule has 2 atom stereocenters. The maximum absolute atomic E-state index is 11.7. The molecule has 23 heavy (non-hydrogen) atoms. The third-order valence-corrected chi connectivity index (χ3v) is 4.41. The van der Waals surface area contributed by atoms with Crippen LogP contribution in [0.3, 0.4) is 0 Å². The van der Waals surface area contributed by atoms with Crippen LogP contribution >= 0.6 is 12.4 Å². The van der Waals surface area contributed by atoms with Crippen molar-refractivity contribution in [3.63, 3.8) is 0 Å². The lowest BCUT2D eigenvalue weighted by atomic mass is 9.96. The van der Waals surface area contributed by atoms with E-state index in [4.69, 9.17) is 10.5 Å². The molecule has 2 N–H and O–H groups in total. The number of ketones is 1. The summed E-state index contributed by atoms with van der Waals surface area (Å²) in [6, 6.07) is 6.30. The molecule has 1 aliphatic rings. The van der Waals surface area contributed by atoms with Gasteiger partial charge in [-0.1, -0.05) is 6.42 Å². The third-order valence-electron chi connectivity index (χ3n) is 4.41. The van der Waals surface area contributed by atoms with Crippen LogP contribution in [-0.4, -0.2) is 35.9 Å². The van der Waals surface area contributed by atoms with Gasteiger partial charge >= 0.3 is 0 Å². The number of Topliss-reactive ketones (excluding diaryl/α,β-unsaturated/α-hetero) is 1. The van der Waals surface area contributed by atoms with E-state index in [0.717, 1.165) is 36.4 Å². The van der Waals surface area contributed by atoms with E-state index in [1.165, 1.54) is 12.8 Å². The summed E-state index contributed by atoms with van der Waals surface area (Å²) in [4.78, 5) is 14.1. The van der Waals surface area contributed by atoms with Crippen molar-refractivity contribution in [2.45, 2.75) is 58.7 Å². The Bertz CT molecular complexity index is 520. The molecule has 1 aliphatic heterocycles. The second-order valence-electron chi connectivity index (χ2n) is 6.20. The Morgan fingerprint density at radius 3 is 2.78 bits per heavy atom. The second kappa shape index (κ2) is 9.26. The summed E-state index contributed by atoms with van der Waals surface area (Å²) in [6.45, 7) is 8.14. The zero-order chi connectivity index (χ0) is 16.1. The van der Waals surface area contributed by atoms with Gasteiger partial charge in [0.15, 0.2) is 5.78 Å². The molecule has 0 aromatic heterocycles. The number of halogens is 1. The number of likely N-dealkylation sites (tertiary alicyclic amines) is 1. The van der Waals surface area contributed by atoms with Crippen LogP contribution in [-0.2, 0) is 6.54 Å². The fourth-order valence-electron chi connectivity index (χ4n) is 3.25. The summed E-state index contributed by atoms with van der Waals surface area (Å²) in [7, 11) is 0. The van der Waals surface area contributed by atoms with Crippen molar-refractivity contribution >= 4 is 18.2 Å². The highest BCUT2D eigenvalue weighted by atomic mass is 35.5. The van der Waals surface area contributed by atoms with Crippen molar-refractivity contribution in [3.05, 3.63) is 29.3 Å². The number of carbonyl (C=O) groups is 1. The molecule has 1 aromatic carbocycles. The van der Waals surface area contributed by atoms with Gasteiger partial charge in [0, 0.05) is 29.8 Å². The van der Waals surface area contributed by atoms with Gasteiger partial charge in [-0.2, -0.15) is 0 Å². The molecule has 0 saturated carbocycles. The first-order valence-corrected chi connectivity index (χ1v) is 8.29. The maximum Gasteiger partial charge on any atom is 0.159 e. The summed E-state index contributed by atoms with van der Waals surface area (Å²) in [6.07, 6.45) is 3.60. The van der Waals surface area contributed by atoms with Crippen molar-refractivity contribution in [2.75, 3.05) is 13.2 Å². The minimum atomic E-state index is 0. The lowest BCUT2D eigenvalue weighted by Crippen LogP contribution is -2.48. The van der Waals surface area contributed by atoms with Gasteiger partial charge in [0.2, 0.25) is 0 Å². The number of piperidine rings is 1. The number of rotatable bonds is 6. The van der Waals surface area contributed by atoms with Gasteiger partial charge in [0.25, 0.3) is 0 Å². The zero-order valence-electron chi connectivity index (χ0n) is 14.4. The van der Waals surface area contributed by atoms with Gasteiger partial charge in [-0.3, -0.25) is 9.69 Å². The van der Waals surface area contributed by atoms with Gasteiger partial charge in [-0.15, -0.1) is 12.4 Å². The standard InChI is InChI=1S/C18H28N2O2.ClH/c1-4-22-18-9-8-15(14(3)21)11-16(18)12-20-10-6-5-7-17(20)13(2)19;/h8-9,11,13,17H,4-7,10,12,19H2,1-3H3;1H. The molecular weight excluding hydrogens is 312 g/mol. The Morgan fingerprint density at radius 1 is 1.43 bits per heavy atom. The fraction of sp³-hybridized carbons (Fsp3) is 0.611. The van der Waals surface area contributed by atoms with Crippen LogP contribution in [0.5, 0.6) is 5.75 Å². The summed E-state index contributed by atoms with van der Waals surface area (Å²) in [5.74, 6) is 0.966. The van der Waals surface area contributed by atoms with Crippen LogP contribution in [0.1, 0.15) is 56.0 Å². The van der Waals surface area contributed by atoms with Crippen LogP contribution in [0.2, 0.25) is 0 Å². The van der Waals surface area contributed by atoms with Crippen LogP contribution in [0.15, 0.2) is 18.2 Å². The van der Waals surface area contributed by atoms with E-state index in [0.29, 0.717) is 12.6 Å². The number of ether oxygens (including phenoxy) is 1. The smallest absolute Gasteiger partial charge is 0.159 e. The van der Waals surface area contributed by atoms with Gasteiger partial charge in [0.05, 0.1) is 6.61 Å². The molecule has 0 radical (unpaired) electrons. The third kappa shape index (κ3) is 5.20. The molecule has 4 nitrogen and oxygen atoms in total. The van der Waals surface area contributed by atoms with Gasteiger partial charge < -0.3 is 10.5 Å². The molecular formula is C18H29ClN2O2. The first kappa shape index (κ1) is 19.9. The van der Waals surface area contributed by atoms with Gasteiger partial charge in [-0.25, -0.2) is 0 Å². The average molecular weight is 341 g/mol. The number of hydrogen-bond acceptors (Lipinski definition) is 4. The molecule has 0 amide bonds. The molecule has 1 fully saturated rings. The molecule has 1 saturated heterocycles. The summed E-state index contributed by atoms with van der Waals surface area (Å²) in [5.41, 5.74) is 7.99. The molecule has 0 aliphatic carbocycles. The zero-order valence-corrected chi connectivity index (χ0v) is 15.2. The van der Waals surface area contributed by atoms with Crippen molar-refractivity contribution in [2.24, 2.45) is 5.73 Å². The molecule has 2 unspecified atom stereocenters. The Balaban J connectivity index is 0.00000264. The molecule has 0 bridgehead atoms. The van der Waals surface area contributed by atoms with Gasteiger partial charge in [-0.05, 0) is 58.4 Å². The number of hydrogen-bond donors (Lipinski definition) is 1. The van der Waals surface area contributed by atoms with Crippen LogP contribution < -0.4 is 10.5 Å². The van der Waals surface area contributed by atoms with Crippen LogP contribution in [0, 0.1) is 0 Å². The van der Waals surface area contributed by atoms with Crippen molar-refractivity contribution in [3.8, 4) is 5.75 Å². The summed E-state index contributed by atoms with van der Waals surface area (Å²) >= 11 is 0. The molecule has 1 heterocycles. The lowest BCUT2D eigenvalue weighted by molar-refractivity contribution is 0.101. The average Bonchev–Trinajstić information content (AvgIpc) is 2.49. The van der Waals surface area contributed by atoms with E-state index in [1.807, 2.05) is 25.1 Å². The topological polar surface area (TPSA) is 55.6 Å². The highest BCUT2D eigenvalue weighted by molar-refractivity contribution is 5.94. The van der Waals surface area contributed by atoms with Crippen molar-refractivity contribution in [1.82, 2.24) is 4.90 Å². The fourth-order valence-corrected chi connectivity index (χ4v) is 3.25. The highest BCUT2D eigenvalue weighted by Crippen LogP contribution is 2.27. The minimum absolute atomic E-state index is 0. The SMILES string of the molecule is CCOc1ccc(C(C)=O)cc1CN1CCCCC1C(C)N.Cl. The first-order valence-electron chi connectivity index (χ1n) is 8.29. The van der Waals surface area contributed by atoms with Crippen LogP contribution in [0.4, 0.5) is 0 Å². The predicted molar refractivity (Wildman–Crippen MR) is 96.6 cm³/mol. The lowest BCUT2D eigenvalue weighted by Gasteiger charge is -2.38. The minimum Gasteiger partial charge on any atom is -0.494 e. The van der Waals surface area contributed by atoms with Crippen LogP contribution in [0.25, 0.3) is 0 Å². The van der Waals surface area contributed by atoms with Gasteiger partial charge in [0.1, 0.15) is 5.75 Å². The van der Waals surface area contributed by atoms with E-state index in [1.54, 1.807) is 6.92 Å². The first-order chi connectivity index (χ1) is 10.5. The van der Waals surface area contributed by atoms with E-state index < -0.39 is 0 Å². The summed E-state index contributed by atoms with van der Waals surface area (Å²) < 4.78 is 5.74. The molecule has 2 rings (SSSR count). The molecule has 1 aromatic rings. The largest absolute Gasteiger partial charge is 0.494 e. The molecule has 130 valence electrons. The Labute approximate surface area is 145 Å². The normalized spacial score (nSPS) is 19.7. The second-order valence-corrected chi connectivity index (χ2v) is 6.20. The molecule has 0 spiro atoms. The predicted octanol–water partition coefficient (Wildman–Crippen LogP) is 3.41. The number of carbonyl (C=O) groups excluding carboxylic acids is 1. The van der Waals surface area contributed by atoms with E-state index in [-0.39, 0.29) is 24.2 Å². The molecule has 5 heteroatoms. The number of nitrogens with two attached hydrogens (primary N) is 1. The highest BCUT2D eigenvalue weighted by Gasteiger charge is 2.26. The van der Waals surface area contributed by atoms with E-state index >= 15 is 0 Å². The Morgan fingerprint density at radius 2 is 2.17 bits per heavy atom. The number of nitrogens with zero attached hydrogens (tertiary/aromatic N) is 1. The number of benzene rings is 1. The van der Waals surface area contributed by atoms with Crippen molar-refractivity contribution in [1.29, 1.82) is 0 Å².